The minimum absolute atomic E-state index is 0.979. The Morgan fingerprint density at radius 1 is 1.13 bits per heavy atom. The Bertz CT molecular complexity index is 169. The highest BCUT2D eigenvalue weighted by Crippen LogP contribution is 2.11. The summed E-state index contributed by atoms with van der Waals surface area (Å²) in [4.78, 5) is 2.57. The monoisotopic (exact) mass is 210 g/mol. The average Bonchev–Trinajstić information content (AvgIpc) is 2.19. The molecule has 1 saturated heterocycles. The molecule has 0 atom stereocenters. The predicted molar refractivity (Wildman–Crippen MR) is 67.2 cm³/mol. The first-order valence-corrected chi connectivity index (χ1v) is 6.42. The van der Waals surface area contributed by atoms with Gasteiger partial charge in [0.05, 0.1) is 0 Å². The first-order chi connectivity index (χ1) is 7.33. The van der Waals surface area contributed by atoms with Crippen molar-refractivity contribution in [2.24, 2.45) is 0 Å². The zero-order chi connectivity index (χ0) is 10.9. The van der Waals surface area contributed by atoms with Crippen LogP contribution in [0.3, 0.4) is 0 Å². The van der Waals surface area contributed by atoms with Crippen molar-refractivity contribution in [3.8, 4) is 0 Å². The zero-order valence-electron chi connectivity index (χ0n) is 10.2. The molecular weight excluding hydrogens is 184 g/mol. The Labute approximate surface area is 94.7 Å². The summed E-state index contributed by atoms with van der Waals surface area (Å²) in [6, 6.07) is 0. The molecule has 1 aliphatic rings. The lowest BCUT2D eigenvalue weighted by atomic mass is 10.1. The topological polar surface area (TPSA) is 15.3 Å². The highest BCUT2D eigenvalue weighted by molar-refractivity contribution is 4.99. The van der Waals surface area contributed by atoms with Gasteiger partial charge < -0.3 is 5.32 Å². The lowest BCUT2D eigenvalue weighted by Gasteiger charge is -2.25. The fraction of sp³-hybridized carbons (Fsp3) is 0.846. The molecule has 0 radical (unpaired) electrons. The lowest BCUT2D eigenvalue weighted by Crippen LogP contribution is -2.31. The number of nitrogens with zero attached hydrogens (tertiary/aromatic N) is 1. The Morgan fingerprint density at radius 2 is 1.73 bits per heavy atom. The molecule has 0 aromatic rings. The SMILES string of the molecule is C=C(CNCC)CN1CCCCCCC1. The number of likely N-dealkylation sites (N-methyl/N-ethyl adjacent to an activating group) is 1. The van der Waals surface area contributed by atoms with E-state index in [4.69, 9.17) is 0 Å². The summed E-state index contributed by atoms with van der Waals surface area (Å²) in [5.74, 6) is 0. The molecule has 0 aromatic heterocycles. The summed E-state index contributed by atoms with van der Waals surface area (Å²) in [5, 5.41) is 3.34. The van der Waals surface area contributed by atoms with Crippen LogP contribution in [0.5, 0.6) is 0 Å². The van der Waals surface area contributed by atoms with Gasteiger partial charge in [0.25, 0.3) is 0 Å². The molecule has 2 nitrogen and oxygen atoms in total. The summed E-state index contributed by atoms with van der Waals surface area (Å²) in [6.45, 7) is 11.9. The minimum atomic E-state index is 0.979. The van der Waals surface area contributed by atoms with Crippen LogP contribution in [0.2, 0.25) is 0 Å². The van der Waals surface area contributed by atoms with Crippen molar-refractivity contribution in [1.82, 2.24) is 10.2 Å². The number of hydrogen-bond donors (Lipinski definition) is 1. The van der Waals surface area contributed by atoms with Gasteiger partial charge in [-0.2, -0.15) is 0 Å². The van der Waals surface area contributed by atoms with Crippen molar-refractivity contribution in [2.75, 3.05) is 32.7 Å². The number of nitrogens with one attached hydrogen (secondary N) is 1. The molecule has 1 rings (SSSR count). The maximum atomic E-state index is 4.14. The van der Waals surface area contributed by atoms with Crippen molar-refractivity contribution >= 4 is 0 Å². The molecule has 0 saturated carbocycles. The van der Waals surface area contributed by atoms with E-state index < -0.39 is 0 Å². The van der Waals surface area contributed by atoms with Gasteiger partial charge in [-0.25, -0.2) is 0 Å². The molecule has 15 heavy (non-hydrogen) atoms. The quantitative estimate of drug-likeness (QED) is 0.701. The van der Waals surface area contributed by atoms with E-state index in [-0.39, 0.29) is 0 Å². The van der Waals surface area contributed by atoms with Crippen LogP contribution in [-0.4, -0.2) is 37.6 Å². The first kappa shape index (κ1) is 12.7. The molecule has 88 valence electrons. The van der Waals surface area contributed by atoms with Gasteiger partial charge >= 0.3 is 0 Å². The third-order valence-corrected chi connectivity index (χ3v) is 3.02. The molecule has 0 unspecified atom stereocenters. The van der Waals surface area contributed by atoms with Gasteiger partial charge in [-0.15, -0.1) is 0 Å². The third-order valence-electron chi connectivity index (χ3n) is 3.02. The van der Waals surface area contributed by atoms with Crippen LogP contribution in [0.25, 0.3) is 0 Å². The molecule has 0 bridgehead atoms. The van der Waals surface area contributed by atoms with Gasteiger partial charge in [-0.05, 0) is 38.0 Å². The summed E-state index contributed by atoms with van der Waals surface area (Å²) < 4.78 is 0. The minimum Gasteiger partial charge on any atom is -0.313 e. The normalized spacial score (nSPS) is 19.5. The fourth-order valence-corrected chi connectivity index (χ4v) is 2.14. The molecule has 1 heterocycles. The molecule has 2 heteroatoms. The van der Waals surface area contributed by atoms with Crippen molar-refractivity contribution in [2.45, 2.75) is 39.0 Å². The van der Waals surface area contributed by atoms with Crippen molar-refractivity contribution in [3.63, 3.8) is 0 Å². The van der Waals surface area contributed by atoms with Crippen LogP contribution in [-0.2, 0) is 0 Å². The second kappa shape index (κ2) is 7.89. The molecule has 1 N–H and O–H groups in total. The van der Waals surface area contributed by atoms with Crippen LogP contribution in [0.15, 0.2) is 12.2 Å². The molecule has 0 aliphatic carbocycles. The summed E-state index contributed by atoms with van der Waals surface area (Å²) in [6.07, 6.45) is 7.00. The number of hydrogen-bond acceptors (Lipinski definition) is 2. The number of rotatable bonds is 5. The zero-order valence-corrected chi connectivity index (χ0v) is 10.2. The second-order valence-corrected chi connectivity index (χ2v) is 4.57. The molecule has 1 fully saturated rings. The van der Waals surface area contributed by atoms with E-state index in [1.54, 1.807) is 0 Å². The Morgan fingerprint density at radius 3 is 2.33 bits per heavy atom. The lowest BCUT2D eigenvalue weighted by molar-refractivity contribution is 0.265. The van der Waals surface area contributed by atoms with E-state index in [9.17, 15) is 0 Å². The molecule has 1 aliphatic heterocycles. The summed E-state index contributed by atoms with van der Waals surface area (Å²) in [5.41, 5.74) is 1.33. The van der Waals surface area contributed by atoms with E-state index in [2.05, 4.69) is 23.7 Å². The molecular formula is C13H26N2. The van der Waals surface area contributed by atoms with E-state index >= 15 is 0 Å². The second-order valence-electron chi connectivity index (χ2n) is 4.57. The van der Waals surface area contributed by atoms with E-state index in [1.807, 2.05) is 0 Å². The largest absolute Gasteiger partial charge is 0.313 e. The van der Waals surface area contributed by atoms with Gasteiger partial charge in [-0.1, -0.05) is 32.8 Å². The Kier molecular flexibility index (Phi) is 6.69. The van der Waals surface area contributed by atoms with Gasteiger partial charge in [0.2, 0.25) is 0 Å². The van der Waals surface area contributed by atoms with Crippen molar-refractivity contribution < 1.29 is 0 Å². The van der Waals surface area contributed by atoms with Gasteiger partial charge in [0.15, 0.2) is 0 Å². The highest BCUT2D eigenvalue weighted by Gasteiger charge is 2.08. The van der Waals surface area contributed by atoms with Crippen LogP contribution < -0.4 is 5.32 Å². The third kappa shape index (κ3) is 5.95. The van der Waals surface area contributed by atoms with Crippen LogP contribution in [0, 0.1) is 0 Å². The van der Waals surface area contributed by atoms with Gasteiger partial charge in [0.1, 0.15) is 0 Å². The first-order valence-electron chi connectivity index (χ1n) is 6.42. The predicted octanol–water partition coefficient (Wildman–Crippen LogP) is 2.42. The van der Waals surface area contributed by atoms with Crippen molar-refractivity contribution in [1.29, 1.82) is 0 Å². The Balaban J connectivity index is 2.19. The fourth-order valence-electron chi connectivity index (χ4n) is 2.14. The Hall–Kier alpha value is -0.340. The van der Waals surface area contributed by atoms with E-state index in [0.29, 0.717) is 0 Å². The average molecular weight is 210 g/mol. The smallest absolute Gasteiger partial charge is 0.0202 e. The number of likely N-dealkylation sites (tertiary alicyclic amines) is 1. The van der Waals surface area contributed by atoms with Gasteiger partial charge in [0, 0.05) is 13.1 Å². The van der Waals surface area contributed by atoms with Crippen LogP contribution in [0.4, 0.5) is 0 Å². The molecule has 0 spiro atoms. The van der Waals surface area contributed by atoms with E-state index in [0.717, 1.165) is 19.6 Å². The van der Waals surface area contributed by atoms with Crippen LogP contribution in [0.1, 0.15) is 39.0 Å². The molecule has 0 amide bonds. The maximum Gasteiger partial charge on any atom is 0.0202 e. The summed E-state index contributed by atoms with van der Waals surface area (Å²) in [7, 11) is 0. The standard InChI is InChI=1S/C13H26N2/c1-3-14-11-13(2)12-15-9-7-5-4-6-8-10-15/h14H,2-12H2,1H3. The van der Waals surface area contributed by atoms with Crippen LogP contribution >= 0.6 is 0 Å². The highest BCUT2D eigenvalue weighted by atomic mass is 15.1. The van der Waals surface area contributed by atoms with Crippen molar-refractivity contribution in [3.05, 3.63) is 12.2 Å². The van der Waals surface area contributed by atoms with E-state index in [1.165, 1.54) is 50.8 Å². The summed E-state index contributed by atoms with van der Waals surface area (Å²) >= 11 is 0. The maximum absolute atomic E-state index is 4.14. The molecule has 0 aromatic carbocycles. The van der Waals surface area contributed by atoms with Gasteiger partial charge in [-0.3, -0.25) is 4.90 Å².